The summed E-state index contributed by atoms with van der Waals surface area (Å²) in [4.78, 5) is 21.2. The standard InChI is InChI=1S/C10H13NO7S/c1-6-8(5-7(18-6)10(13)14)19(15,16)11-4-3-9(12)17-2/h5,11H,3-4H2,1-2H3,(H,13,14). The summed E-state index contributed by atoms with van der Waals surface area (Å²) in [5.74, 6) is -2.43. The Morgan fingerprint density at radius 2 is 2.11 bits per heavy atom. The Morgan fingerprint density at radius 3 is 2.58 bits per heavy atom. The normalized spacial score (nSPS) is 11.3. The maximum atomic E-state index is 11.8. The second kappa shape index (κ2) is 5.85. The predicted molar refractivity (Wildman–Crippen MR) is 62.2 cm³/mol. The first-order valence-corrected chi connectivity index (χ1v) is 6.66. The molecule has 0 radical (unpaired) electrons. The Morgan fingerprint density at radius 1 is 1.47 bits per heavy atom. The van der Waals surface area contributed by atoms with Gasteiger partial charge in [-0.1, -0.05) is 0 Å². The topological polar surface area (TPSA) is 123 Å². The van der Waals surface area contributed by atoms with E-state index in [9.17, 15) is 18.0 Å². The lowest BCUT2D eigenvalue weighted by atomic mass is 10.4. The largest absolute Gasteiger partial charge is 0.475 e. The summed E-state index contributed by atoms with van der Waals surface area (Å²) in [6.07, 6.45) is -0.127. The molecule has 0 aliphatic rings. The molecule has 0 fully saturated rings. The first-order chi connectivity index (χ1) is 8.77. The number of ether oxygens (including phenoxy) is 1. The molecule has 0 spiro atoms. The van der Waals surface area contributed by atoms with Crippen LogP contribution in [0.25, 0.3) is 0 Å². The lowest BCUT2D eigenvalue weighted by Crippen LogP contribution is -2.26. The third-order valence-corrected chi connectivity index (χ3v) is 3.79. The van der Waals surface area contributed by atoms with Crippen molar-refractivity contribution in [2.24, 2.45) is 0 Å². The summed E-state index contributed by atoms with van der Waals surface area (Å²) >= 11 is 0. The van der Waals surface area contributed by atoms with Crippen LogP contribution < -0.4 is 4.72 Å². The molecule has 0 unspecified atom stereocenters. The second-order valence-electron chi connectivity index (χ2n) is 3.56. The number of carboxylic acid groups (broad SMARTS) is 1. The SMILES string of the molecule is COC(=O)CCNS(=O)(=O)c1cc(C(=O)O)oc1C. The molecule has 0 aliphatic carbocycles. The van der Waals surface area contributed by atoms with Crippen molar-refractivity contribution in [2.75, 3.05) is 13.7 Å². The van der Waals surface area contributed by atoms with E-state index in [-0.39, 0.29) is 23.6 Å². The van der Waals surface area contributed by atoms with E-state index >= 15 is 0 Å². The molecular formula is C10H13NO7S. The first-order valence-electron chi connectivity index (χ1n) is 5.18. The molecule has 1 aromatic heterocycles. The number of nitrogens with one attached hydrogen (secondary N) is 1. The van der Waals surface area contributed by atoms with Crippen molar-refractivity contribution < 1.29 is 32.3 Å². The minimum atomic E-state index is -3.92. The van der Waals surface area contributed by atoms with Gasteiger partial charge in [-0.05, 0) is 6.92 Å². The number of carbonyl (C=O) groups excluding carboxylic acids is 1. The van der Waals surface area contributed by atoms with Crippen molar-refractivity contribution in [1.29, 1.82) is 0 Å². The average Bonchev–Trinajstić information content (AvgIpc) is 2.71. The van der Waals surface area contributed by atoms with Crippen LogP contribution >= 0.6 is 0 Å². The molecule has 0 saturated carbocycles. The van der Waals surface area contributed by atoms with Gasteiger partial charge in [-0.3, -0.25) is 4.79 Å². The van der Waals surface area contributed by atoms with Gasteiger partial charge in [-0.15, -0.1) is 0 Å². The molecule has 0 saturated heterocycles. The van der Waals surface area contributed by atoms with Crippen LogP contribution in [0.2, 0.25) is 0 Å². The molecular weight excluding hydrogens is 278 g/mol. The van der Waals surface area contributed by atoms with E-state index in [0.717, 1.165) is 6.07 Å². The van der Waals surface area contributed by atoms with Crippen LogP contribution in [0.15, 0.2) is 15.4 Å². The van der Waals surface area contributed by atoms with Crippen LogP contribution in [0, 0.1) is 6.92 Å². The number of sulfonamides is 1. The molecule has 2 N–H and O–H groups in total. The molecule has 8 nitrogen and oxygen atoms in total. The molecule has 0 aromatic carbocycles. The van der Waals surface area contributed by atoms with Gasteiger partial charge in [0.2, 0.25) is 15.8 Å². The van der Waals surface area contributed by atoms with Crippen molar-refractivity contribution in [1.82, 2.24) is 4.72 Å². The maximum absolute atomic E-state index is 11.8. The van der Waals surface area contributed by atoms with Crippen molar-refractivity contribution in [3.8, 4) is 0 Å². The highest BCUT2D eigenvalue weighted by Crippen LogP contribution is 2.19. The molecule has 106 valence electrons. The highest BCUT2D eigenvalue weighted by atomic mass is 32.2. The fourth-order valence-corrected chi connectivity index (χ4v) is 2.51. The number of esters is 1. The number of hydrogen-bond acceptors (Lipinski definition) is 6. The molecule has 1 aromatic rings. The Labute approximate surface area is 109 Å². The number of aryl methyl sites for hydroxylation is 1. The first kappa shape index (κ1) is 15.2. The monoisotopic (exact) mass is 291 g/mol. The Hall–Kier alpha value is -1.87. The van der Waals surface area contributed by atoms with Crippen molar-refractivity contribution in [2.45, 2.75) is 18.2 Å². The molecule has 0 bridgehead atoms. The van der Waals surface area contributed by atoms with Gasteiger partial charge in [0, 0.05) is 12.6 Å². The number of rotatable bonds is 6. The number of hydrogen-bond donors (Lipinski definition) is 2. The van der Waals surface area contributed by atoms with Gasteiger partial charge < -0.3 is 14.3 Å². The molecule has 1 heterocycles. The summed E-state index contributed by atoms with van der Waals surface area (Å²) < 4.78 is 35.0. The molecule has 0 aliphatic heterocycles. The highest BCUT2D eigenvalue weighted by Gasteiger charge is 2.23. The van der Waals surface area contributed by atoms with Gasteiger partial charge in [0.25, 0.3) is 0 Å². The van der Waals surface area contributed by atoms with Gasteiger partial charge in [0.15, 0.2) is 0 Å². The van der Waals surface area contributed by atoms with E-state index in [2.05, 4.69) is 9.46 Å². The van der Waals surface area contributed by atoms with E-state index in [0.29, 0.717) is 0 Å². The zero-order valence-corrected chi connectivity index (χ0v) is 11.1. The zero-order valence-electron chi connectivity index (χ0n) is 10.3. The van der Waals surface area contributed by atoms with Crippen LogP contribution in [0.4, 0.5) is 0 Å². The lowest BCUT2D eigenvalue weighted by Gasteiger charge is -2.04. The number of methoxy groups -OCH3 is 1. The van der Waals surface area contributed by atoms with E-state index in [4.69, 9.17) is 9.52 Å². The average molecular weight is 291 g/mol. The maximum Gasteiger partial charge on any atom is 0.371 e. The summed E-state index contributed by atoms with van der Waals surface area (Å²) in [5, 5.41) is 8.70. The Kier molecular flexibility index (Phi) is 4.67. The minimum absolute atomic E-state index is 0.0389. The smallest absolute Gasteiger partial charge is 0.371 e. The van der Waals surface area contributed by atoms with Crippen molar-refractivity contribution >= 4 is 22.0 Å². The Bertz CT molecular complexity index is 587. The van der Waals surface area contributed by atoms with Gasteiger partial charge in [0.05, 0.1) is 13.5 Å². The van der Waals surface area contributed by atoms with E-state index in [1.807, 2.05) is 0 Å². The van der Waals surface area contributed by atoms with E-state index < -0.39 is 27.7 Å². The van der Waals surface area contributed by atoms with E-state index in [1.54, 1.807) is 0 Å². The Balaban J connectivity index is 2.83. The summed E-state index contributed by atoms with van der Waals surface area (Å²) in [7, 11) is -2.73. The summed E-state index contributed by atoms with van der Waals surface area (Å²) in [6, 6.07) is 0.915. The van der Waals surface area contributed by atoms with Gasteiger partial charge in [0.1, 0.15) is 10.7 Å². The van der Waals surface area contributed by atoms with Crippen LogP contribution in [0.1, 0.15) is 22.7 Å². The number of aromatic carboxylic acids is 1. The third-order valence-electron chi connectivity index (χ3n) is 2.22. The van der Waals surface area contributed by atoms with Crippen molar-refractivity contribution in [3.63, 3.8) is 0 Å². The van der Waals surface area contributed by atoms with Gasteiger partial charge in [-0.2, -0.15) is 0 Å². The second-order valence-corrected chi connectivity index (χ2v) is 5.30. The number of carbonyl (C=O) groups is 2. The van der Waals surface area contributed by atoms with Crippen molar-refractivity contribution in [3.05, 3.63) is 17.6 Å². The van der Waals surface area contributed by atoms with Crippen LogP contribution in [-0.4, -0.2) is 39.1 Å². The quantitative estimate of drug-likeness (QED) is 0.714. The van der Waals surface area contributed by atoms with Crippen LogP contribution in [-0.2, 0) is 19.6 Å². The number of furan rings is 1. The van der Waals surface area contributed by atoms with E-state index in [1.165, 1.54) is 14.0 Å². The van der Waals surface area contributed by atoms with Gasteiger partial charge >= 0.3 is 11.9 Å². The lowest BCUT2D eigenvalue weighted by molar-refractivity contribution is -0.140. The molecule has 19 heavy (non-hydrogen) atoms. The molecule has 0 atom stereocenters. The number of carboxylic acids is 1. The fraction of sp³-hybridized carbons (Fsp3) is 0.400. The zero-order chi connectivity index (χ0) is 14.6. The van der Waals surface area contributed by atoms with Gasteiger partial charge in [-0.25, -0.2) is 17.9 Å². The minimum Gasteiger partial charge on any atom is -0.475 e. The summed E-state index contributed by atoms with van der Waals surface area (Å²) in [5.41, 5.74) is 0. The summed E-state index contributed by atoms with van der Waals surface area (Å²) in [6.45, 7) is 1.18. The van der Waals surface area contributed by atoms with Crippen LogP contribution in [0.3, 0.4) is 0 Å². The highest BCUT2D eigenvalue weighted by molar-refractivity contribution is 7.89. The molecule has 9 heteroatoms. The molecule has 0 amide bonds. The predicted octanol–water partition coefficient (Wildman–Crippen LogP) is 0.128. The third kappa shape index (κ3) is 3.80. The fourth-order valence-electron chi connectivity index (χ4n) is 1.30. The van der Waals surface area contributed by atoms with Crippen LogP contribution in [0.5, 0.6) is 0 Å². The molecule has 1 rings (SSSR count).